The molecule has 0 radical (unpaired) electrons. The third-order valence-electron chi connectivity index (χ3n) is 6.23. The monoisotopic (exact) mass is 514 g/mol. The van der Waals surface area contributed by atoms with Crippen molar-refractivity contribution in [3.63, 3.8) is 0 Å². The molecule has 4 N–H and O–H groups in total. The zero-order valence-electron chi connectivity index (χ0n) is 20.2. The van der Waals surface area contributed by atoms with Crippen LogP contribution in [0, 0.1) is 10.8 Å². The summed E-state index contributed by atoms with van der Waals surface area (Å²) in [4.78, 5) is 33.0. The van der Waals surface area contributed by atoms with Gasteiger partial charge in [0.05, 0.1) is 14.2 Å². The SMILES string of the molecule is COC(=O)C(CCCCCCCC(C(=O)OC)c1nc2n(c1O)C(=N)N=N2)c1nc2n(c1O)C(=N)N=N2. The van der Waals surface area contributed by atoms with E-state index < -0.39 is 23.8 Å². The number of aromatic nitrogens is 4. The molecule has 4 heterocycles. The molecule has 16 heteroatoms. The van der Waals surface area contributed by atoms with Gasteiger partial charge >= 0.3 is 11.9 Å². The number of ether oxygens (including phenoxy) is 2. The summed E-state index contributed by atoms with van der Waals surface area (Å²) in [6.45, 7) is 0. The molecule has 0 spiro atoms. The number of rotatable bonds is 12. The molecule has 2 atom stereocenters. The second-order valence-corrected chi connectivity index (χ2v) is 8.46. The smallest absolute Gasteiger partial charge is 0.314 e. The predicted molar refractivity (Wildman–Crippen MR) is 125 cm³/mol. The molecule has 4 rings (SSSR count). The van der Waals surface area contributed by atoms with Gasteiger partial charge in [0.2, 0.25) is 11.8 Å². The lowest BCUT2D eigenvalue weighted by Gasteiger charge is -2.14. The summed E-state index contributed by atoms with van der Waals surface area (Å²) >= 11 is 0. The maximum Gasteiger partial charge on any atom is 0.314 e. The molecule has 0 bridgehead atoms. The Bertz CT molecular complexity index is 1210. The summed E-state index contributed by atoms with van der Waals surface area (Å²) in [5.74, 6) is -3.88. The first kappa shape index (κ1) is 25.6. The summed E-state index contributed by atoms with van der Waals surface area (Å²) in [6.07, 6.45) is 4.37. The Kier molecular flexibility index (Phi) is 7.35. The van der Waals surface area contributed by atoms with E-state index in [0.717, 1.165) is 28.4 Å². The Morgan fingerprint density at radius 1 is 0.730 bits per heavy atom. The van der Waals surface area contributed by atoms with Crippen LogP contribution in [0.5, 0.6) is 11.8 Å². The van der Waals surface area contributed by atoms with Gasteiger partial charge in [-0.1, -0.05) is 32.1 Å². The van der Waals surface area contributed by atoms with E-state index in [-0.39, 0.29) is 47.0 Å². The van der Waals surface area contributed by atoms with E-state index >= 15 is 0 Å². The average molecular weight is 515 g/mol. The van der Waals surface area contributed by atoms with Gasteiger partial charge in [-0.3, -0.25) is 20.4 Å². The van der Waals surface area contributed by atoms with Crippen molar-refractivity contribution in [2.24, 2.45) is 20.5 Å². The lowest BCUT2D eigenvalue weighted by Crippen LogP contribution is -2.16. The molecule has 37 heavy (non-hydrogen) atoms. The first-order chi connectivity index (χ1) is 17.8. The highest BCUT2D eigenvalue weighted by atomic mass is 16.5. The number of fused-ring (bicyclic) bond motifs is 2. The lowest BCUT2D eigenvalue weighted by molar-refractivity contribution is -0.143. The van der Waals surface area contributed by atoms with Crippen molar-refractivity contribution in [3.8, 4) is 11.8 Å². The molecular formula is C21H26N10O6. The first-order valence-corrected chi connectivity index (χ1v) is 11.6. The van der Waals surface area contributed by atoms with Crippen molar-refractivity contribution < 1.29 is 29.3 Å². The normalized spacial score (nSPS) is 15.1. The van der Waals surface area contributed by atoms with Crippen molar-refractivity contribution in [2.45, 2.75) is 56.8 Å². The van der Waals surface area contributed by atoms with Gasteiger partial charge in [0.25, 0.3) is 23.8 Å². The van der Waals surface area contributed by atoms with Crippen LogP contribution in [-0.2, 0) is 19.1 Å². The van der Waals surface area contributed by atoms with Crippen LogP contribution >= 0.6 is 0 Å². The number of unbranched alkanes of at least 4 members (excludes halogenated alkanes) is 4. The maximum atomic E-state index is 12.4. The van der Waals surface area contributed by atoms with Crippen molar-refractivity contribution in [1.82, 2.24) is 19.1 Å². The van der Waals surface area contributed by atoms with Gasteiger partial charge in [-0.15, -0.1) is 20.5 Å². The van der Waals surface area contributed by atoms with Gasteiger partial charge in [0, 0.05) is 0 Å². The fraction of sp³-hybridized carbons (Fsp3) is 0.524. The molecule has 0 saturated heterocycles. The standard InChI is InChI=1S/C21H26N10O6/c1-36-16(34)10(12-14(32)30-18(22)26-28-20(30)24-12)8-6-4-3-5-7-9-11(17(35)37-2)13-15(33)31-19(23)27-29-21(31)25-13/h10-11,22-23,32-33H,3-9H2,1-2H3. The molecular weight excluding hydrogens is 488 g/mol. The Morgan fingerprint density at radius 3 is 1.46 bits per heavy atom. The number of hydrogen-bond donors (Lipinski definition) is 4. The van der Waals surface area contributed by atoms with Gasteiger partial charge in [0.15, 0.2) is 0 Å². The van der Waals surface area contributed by atoms with E-state index in [1.807, 2.05) is 0 Å². The number of methoxy groups -OCH3 is 2. The van der Waals surface area contributed by atoms with Crippen LogP contribution in [0.3, 0.4) is 0 Å². The maximum absolute atomic E-state index is 12.4. The Labute approximate surface area is 210 Å². The van der Waals surface area contributed by atoms with Crippen LogP contribution in [-0.4, -0.2) is 67.4 Å². The molecule has 2 aliphatic rings. The van der Waals surface area contributed by atoms with Crippen LogP contribution in [0.25, 0.3) is 0 Å². The number of carbonyl (C=O) groups excluding carboxylic acids is 2. The first-order valence-electron chi connectivity index (χ1n) is 11.6. The minimum absolute atomic E-state index is 0.0421. The molecule has 2 aliphatic heterocycles. The lowest BCUT2D eigenvalue weighted by atomic mass is 9.95. The molecule has 196 valence electrons. The highest BCUT2D eigenvalue weighted by molar-refractivity contribution is 5.88. The Hall–Kier alpha value is -4.50. The van der Waals surface area contributed by atoms with Crippen molar-refractivity contribution >= 4 is 35.8 Å². The van der Waals surface area contributed by atoms with Crippen molar-refractivity contribution in [1.29, 1.82) is 10.8 Å². The molecule has 2 unspecified atom stereocenters. The van der Waals surface area contributed by atoms with Crippen LogP contribution in [0.4, 0.5) is 11.9 Å². The summed E-state index contributed by atoms with van der Waals surface area (Å²) in [5, 5.41) is 50.7. The van der Waals surface area contributed by atoms with Crippen LogP contribution in [0.2, 0.25) is 0 Å². The molecule has 0 saturated carbocycles. The van der Waals surface area contributed by atoms with Gasteiger partial charge in [-0.05, 0) is 12.8 Å². The quantitative estimate of drug-likeness (QED) is 0.242. The Morgan fingerprint density at radius 2 is 1.11 bits per heavy atom. The number of nitrogens with one attached hydrogen (secondary N) is 2. The Balaban J connectivity index is 1.29. The van der Waals surface area contributed by atoms with Crippen molar-refractivity contribution in [2.75, 3.05) is 14.2 Å². The summed E-state index contributed by atoms with van der Waals surface area (Å²) in [5.41, 5.74) is 0.205. The number of esters is 2. The van der Waals surface area contributed by atoms with Crippen LogP contribution in [0.15, 0.2) is 20.5 Å². The molecule has 0 aliphatic carbocycles. The molecule has 2 aromatic rings. The third-order valence-corrected chi connectivity index (χ3v) is 6.23. The van der Waals surface area contributed by atoms with E-state index in [4.69, 9.17) is 20.3 Å². The number of aromatic hydroxyl groups is 2. The van der Waals surface area contributed by atoms with Crippen LogP contribution < -0.4 is 0 Å². The van der Waals surface area contributed by atoms with Gasteiger partial charge < -0.3 is 19.7 Å². The fourth-order valence-electron chi connectivity index (χ4n) is 4.34. The fourth-order valence-corrected chi connectivity index (χ4v) is 4.34. The predicted octanol–water partition coefficient (Wildman–Crippen LogP) is 3.20. The highest BCUT2D eigenvalue weighted by Gasteiger charge is 2.34. The average Bonchev–Trinajstić information content (AvgIpc) is 3.62. The summed E-state index contributed by atoms with van der Waals surface area (Å²) in [7, 11) is 2.52. The number of carbonyl (C=O) groups is 2. The summed E-state index contributed by atoms with van der Waals surface area (Å²) < 4.78 is 11.9. The topological polar surface area (TPSA) is 226 Å². The van der Waals surface area contributed by atoms with Crippen LogP contribution in [0.1, 0.15) is 68.2 Å². The molecule has 2 aromatic heterocycles. The molecule has 0 fully saturated rings. The zero-order chi connectivity index (χ0) is 26.7. The van der Waals surface area contributed by atoms with Gasteiger partial charge in [0.1, 0.15) is 23.2 Å². The minimum Gasteiger partial charge on any atom is -0.493 e. The van der Waals surface area contributed by atoms with E-state index in [1.54, 1.807) is 0 Å². The molecule has 0 aromatic carbocycles. The number of imidazole rings is 2. The van der Waals surface area contributed by atoms with E-state index in [1.165, 1.54) is 14.2 Å². The number of azo groups is 2. The number of hydrogen-bond acceptors (Lipinski definition) is 12. The van der Waals surface area contributed by atoms with E-state index in [2.05, 4.69) is 30.4 Å². The molecule has 0 amide bonds. The van der Waals surface area contributed by atoms with Crippen molar-refractivity contribution in [3.05, 3.63) is 11.4 Å². The van der Waals surface area contributed by atoms with Gasteiger partial charge in [-0.25, -0.2) is 19.1 Å². The second-order valence-electron chi connectivity index (χ2n) is 8.46. The van der Waals surface area contributed by atoms with E-state index in [9.17, 15) is 19.8 Å². The number of nitrogens with zero attached hydrogens (tertiary/aromatic N) is 8. The third kappa shape index (κ3) is 4.81. The van der Waals surface area contributed by atoms with E-state index in [0.29, 0.717) is 25.7 Å². The van der Waals surface area contributed by atoms with Gasteiger partial charge in [-0.2, -0.15) is 0 Å². The second kappa shape index (κ2) is 10.6. The largest absolute Gasteiger partial charge is 0.493 e. The summed E-state index contributed by atoms with van der Waals surface area (Å²) in [6, 6.07) is 0. The minimum atomic E-state index is -0.809. The highest BCUT2D eigenvalue weighted by Crippen LogP contribution is 2.37. The molecule has 16 nitrogen and oxygen atoms in total. The zero-order valence-corrected chi connectivity index (χ0v) is 20.2.